The maximum atomic E-state index is 10.7. The number of nitrogens with zero attached hydrogens (tertiary/aromatic N) is 2. The molecule has 0 aliphatic heterocycles. The molecule has 2 unspecified atom stereocenters. The minimum Gasteiger partial charge on any atom is -0.481 e. The van der Waals surface area contributed by atoms with Crippen LogP contribution in [0.15, 0.2) is 11.4 Å². The normalized spacial score (nSPS) is 24.1. The number of thioether (sulfide) groups is 1. The third-order valence-electron chi connectivity index (χ3n) is 3.57. The summed E-state index contributed by atoms with van der Waals surface area (Å²) in [5.74, 6) is -0.0576. The first-order chi connectivity index (χ1) is 8.58. The molecule has 18 heavy (non-hydrogen) atoms. The first-order valence-corrected chi connectivity index (χ1v) is 7.46. The van der Waals surface area contributed by atoms with Gasteiger partial charge in [-0.25, -0.2) is 4.98 Å². The molecule has 0 amide bonds. The maximum Gasteiger partial charge on any atom is 0.313 e. The number of aromatic nitrogens is 2. The van der Waals surface area contributed by atoms with Crippen molar-refractivity contribution in [2.45, 2.75) is 50.7 Å². The molecule has 1 N–H and O–H groups in total. The van der Waals surface area contributed by atoms with Crippen LogP contribution in [0.4, 0.5) is 0 Å². The number of hydrogen-bond donors (Lipinski definition) is 1. The van der Waals surface area contributed by atoms with E-state index in [0.717, 1.165) is 10.9 Å². The molecule has 1 fully saturated rings. The Morgan fingerprint density at radius 3 is 2.94 bits per heavy atom. The summed E-state index contributed by atoms with van der Waals surface area (Å²) < 4.78 is 2.20. The highest BCUT2D eigenvalue weighted by molar-refractivity contribution is 7.99. The van der Waals surface area contributed by atoms with Crippen LogP contribution in [0.1, 0.15) is 44.3 Å². The van der Waals surface area contributed by atoms with Crippen molar-refractivity contribution in [3.05, 3.63) is 11.9 Å². The molecule has 1 saturated carbocycles. The first-order valence-electron chi connectivity index (χ1n) is 6.48. The number of aryl methyl sites for hydroxylation is 1. The van der Waals surface area contributed by atoms with Crippen molar-refractivity contribution in [2.75, 3.05) is 5.75 Å². The number of imidazole rings is 1. The minimum atomic E-state index is -0.788. The average Bonchev–Trinajstić information content (AvgIpc) is 2.68. The van der Waals surface area contributed by atoms with E-state index in [4.69, 9.17) is 5.11 Å². The Labute approximate surface area is 112 Å². The lowest BCUT2D eigenvalue weighted by molar-refractivity contribution is -0.133. The zero-order valence-electron chi connectivity index (χ0n) is 10.9. The number of aliphatic carboxylic acids is 1. The fraction of sp³-hybridized carbons (Fsp3) is 0.692. The van der Waals surface area contributed by atoms with E-state index < -0.39 is 5.97 Å². The van der Waals surface area contributed by atoms with E-state index >= 15 is 0 Å². The van der Waals surface area contributed by atoms with E-state index in [2.05, 4.69) is 22.7 Å². The topological polar surface area (TPSA) is 55.1 Å². The molecule has 5 heteroatoms. The molecule has 1 aliphatic carbocycles. The molecule has 1 heterocycles. The van der Waals surface area contributed by atoms with E-state index in [-0.39, 0.29) is 5.75 Å². The van der Waals surface area contributed by atoms with E-state index in [1.54, 1.807) is 0 Å². The van der Waals surface area contributed by atoms with Gasteiger partial charge in [-0.1, -0.05) is 31.5 Å². The molecule has 2 atom stereocenters. The largest absolute Gasteiger partial charge is 0.481 e. The summed E-state index contributed by atoms with van der Waals surface area (Å²) in [6, 6.07) is 0.483. The highest BCUT2D eigenvalue weighted by Gasteiger charge is 2.25. The molecule has 0 spiro atoms. The Hall–Kier alpha value is -0.970. The van der Waals surface area contributed by atoms with Crippen molar-refractivity contribution in [3.63, 3.8) is 0 Å². The summed E-state index contributed by atoms with van der Waals surface area (Å²) in [4.78, 5) is 15.1. The lowest BCUT2D eigenvalue weighted by atomic mass is 9.86. The molecule has 2 rings (SSSR count). The summed E-state index contributed by atoms with van der Waals surface area (Å²) in [6.45, 7) is 4.25. The van der Waals surface area contributed by atoms with E-state index in [1.807, 2.05) is 6.92 Å². The highest BCUT2D eigenvalue weighted by Crippen LogP contribution is 2.36. The molecule has 4 nitrogen and oxygen atoms in total. The third-order valence-corrected chi connectivity index (χ3v) is 4.52. The molecular weight excluding hydrogens is 248 g/mol. The van der Waals surface area contributed by atoms with E-state index in [0.29, 0.717) is 12.0 Å². The van der Waals surface area contributed by atoms with Crippen LogP contribution >= 0.6 is 11.8 Å². The lowest BCUT2D eigenvalue weighted by Crippen LogP contribution is -2.21. The summed E-state index contributed by atoms with van der Waals surface area (Å²) in [6.07, 6.45) is 7.07. The van der Waals surface area contributed by atoms with Gasteiger partial charge in [-0.3, -0.25) is 4.79 Å². The predicted octanol–water partition coefficient (Wildman–Crippen LogP) is 3.12. The molecule has 0 radical (unpaired) electrons. The van der Waals surface area contributed by atoms with Gasteiger partial charge in [0.1, 0.15) is 0 Å². The van der Waals surface area contributed by atoms with Crippen LogP contribution in [0.5, 0.6) is 0 Å². The fourth-order valence-electron chi connectivity index (χ4n) is 2.67. The van der Waals surface area contributed by atoms with Crippen LogP contribution in [-0.2, 0) is 4.79 Å². The fourth-order valence-corrected chi connectivity index (χ4v) is 3.47. The number of carboxylic acids is 1. The van der Waals surface area contributed by atoms with Crippen molar-refractivity contribution in [1.82, 2.24) is 9.55 Å². The number of carbonyl (C=O) groups is 1. The number of carboxylic acid groups (broad SMARTS) is 1. The monoisotopic (exact) mass is 268 g/mol. The van der Waals surface area contributed by atoms with Gasteiger partial charge in [-0.2, -0.15) is 0 Å². The van der Waals surface area contributed by atoms with Gasteiger partial charge < -0.3 is 9.67 Å². The Kier molecular flexibility index (Phi) is 4.32. The standard InChI is InChI=1S/C13H20N2O2S/c1-9-5-3-4-6-11(9)15-7-10(2)14-13(15)18-8-12(16)17/h7,9,11H,3-6,8H2,1-2H3,(H,16,17). The Morgan fingerprint density at radius 1 is 1.56 bits per heavy atom. The van der Waals surface area contributed by atoms with Crippen LogP contribution in [0.2, 0.25) is 0 Å². The van der Waals surface area contributed by atoms with Gasteiger partial charge >= 0.3 is 5.97 Å². The SMILES string of the molecule is Cc1cn(C2CCCCC2C)c(SCC(=O)O)n1. The third kappa shape index (κ3) is 3.07. The molecule has 1 aromatic heterocycles. The molecule has 100 valence electrons. The van der Waals surface area contributed by atoms with Gasteiger partial charge in [0.2, 0.25) is 0 Å². The summed E-state index contributed by atoms with van der Waals surface area (Å²) in [5.41, 5.74) is 0.973. The van der Waals surface area contributed by atoms with Crippen molar-refractivity contribution in [3.8, 4) is 0 Å². The maximum absolute atomic E-state index is 10.7. The summed E-state index contributed by atoms with van der Waals surface area (Å²) >= 11 is 1.32. The van der Waals surface area contributed by atoms with Crippen LogP contribution in [0, 0.1) is 12.8 Å². The van der Waals surface area contributed by atoms with Crippen molar-refractivity contribution >= 4 is 17.7 Å². The second-order valence-electron chi connectivity index (χ2n) is 5.08. The van der Waals surface area contributed by atoms with Crippen molar-refractivity contribution < 1.29 is 9.90 Å². The second-order valence-corrected chi connectivity index (χ2v) is 6.03. The first kappa shape index (κ1) is 13.5. The number of hydrogen-bond acceptors (Lipinski definition) is 3. The molecule has 0 aromatic carbocycles. The van der Waals surface area contributed by atoms with Crippen molar-refractivity contribution in [2.24, 2.45) is 5.92 Å². The molecule has 0 saturated heterocycles. The number of rotatable bonds is 4. The van der Waals surface area contributed by atoms with Crippen LogP contribution < -0.4 is 0 Å². The van der Waals surface area contributed by atoms with Gasteiger partial charge in [0, 0.05) is 12.2 Å². The van der Waals surface area contributed by atoms with Crippen LogP contribution in [-0.4, -0.2) is 26.4 Å². The average molecular weight is 268 g/mol. The second kappa shape index (κ2) is 5.78. The van der Waals surface area contributed by atoms with Crippen LogP contribution in [0.25, 0.3) is 0 Å². The quantitative estimate of drug-likeness (QED) is 0.852. The van der Waals surface area contributed by atoms with E-state index in [9.17, 15) is 4.79 Å². The Bertz CT molecular complexity index is 431. The zero-order valence-corrected chi connectivity index (χ0v) is 11.7. The lowest BCUT2D eigenvalue weighted by Gasteiger charge is -2.30. The smallest absolute Gasteiger partial charge is 0.313 e. The highest BCUT2D eigenvalue weighted by atomic mass is 32.2. The van der Waals surface area contributed by atoms with Gasteiger partial charge in [0.05, 0.1) is 11.4 Å². The Balaban J connectivity index is 2.17. The van der Waals surface area contributed by atoms with Gasteiger partial charge in [0.15, 0.2) is 5.16 Å². The van der Waals surface area contributed by atoms with Gasteiger partial charge in [0.25, 0.3) is 0 Å². The summed E-state index contributed by atoms with van der Waals surface area (Å²) in [5, 5.41) is 9.63. The molecule has 1 aromatic rings. The van der Waals surface area contributed by atoms with Crippen LogP contribution in [0.3, 0.4) is 0 Å². The molecule has 0 bridgehead atoms. The minimum absolute atomic E-state index is 0.0809. The van der Waals surface area contributed by atoms with E-state index in [1.165, 1.54) is 37.4 Å². The van der Waals surface area contributed by atoms with Crippen molar-refractivity contribution in [1.29, 1.82) is 0 Å². The molecular formula is C13H20N2O2S. The molecule has 1 aliphatic rings. The summed E-state index contributed by atoms with van der Waals surface area (Å²) in [7, 11) is 0. The van der Waals surface area contributed by atoms with Gasteiger partial charge in [-0.15, -0.1) is 0 Å². The zero-order chi connectivity index (χ0) is 13.1. The predicted molar refractivity (Wildman–Crippen MR) is 72.0 cm³/mol. The Morgan fingerprint density at radius 2 is 2.28 bits per heavy atom. The van der Waals surface area contributed by atoms with Gasteiger partial charge in [-0.05, 0) is 25.7 Å².